The fourth-order valence-electron chi connectivity index (χ4n) is 4.36. The van der Waals surface area contributed by atoms with E-state index in [1.54, 1.807) is 49.0 Å². The van der Waals surface area contributed by atoms with Gasteiger partial charge in [-0.05, 0) is 63.1 Å². The zero-order valence-electron chi connectivity index (χ0n) is 21.4. The van der Waals surface area contributed by atoms with Crippen LogP contribution in [0.25, 0.3) is 0 Å². The molecule has 0 aromatic heterocycles. The first-order valence-electron chi connectivity index (χ1n) is 12.3. The summed E-state index contributed by atoms with van der Waals surface area (Å²) < 4.78 is 11.5. The van der Waals surface area contributed by atoms with Crippen molar-refractivity contribution in [2.24, 2.45) is 10.9 Å². The lowest BCUT2D eigenvalue weighted by Crippen LogP contribution is -2.38. The Morgan fingerprint density at radius 1 is 1.22 bits per heavy atom. The summed E-state index contributed by atoms with van der Waals surface area (Å²) in [5.74, 6) is 1.13. The Kier molecular flexibility index (Phi) is 7.47. The van der Waals surface area contributed by atoms with Crippen molar-refractivity contribution in [3.63, 3.8) is 0 Å². The molecule has 2 aliphatic heterocycles. The minimum Gasteiger partial charge on any atom is -0.485 e. The second kappa shape index (κ2) is 10.6. The van der Waals surface area contributed by atoms with Crippen LogP contribution in [0.5, 0.6) is 0 Å². The van der Waals surface area contributed by atoms with Gasteiger partial charge in [-0.1, -0.05) is 6.07 Å². The number of anilines is 1. The van der Waals surface area contributed by atoms with E-state index in [1.165, 1.54) is 17.7 Å². The lowest BCUT2D eigenvalue weighted by atomic mass is 10.0. The molecule has 1 aromatic carbocycles. The molecule has 192 valence electrons. The molecule has 2 atom stereocenters. The number of ether oxygens (including phenoxy) is 2. The number of carbonyl (C=O) groups is 3. The van der Waals surface area contributed by atoms with Gasteiger partial charge in [-0.15, -0.1) is 0 Å². The maximum atomic E-state index is 13.1. The highest BCUT2D eigenvalue weighted by atomic mass is 16.5. The number of benzene rings is 1. The summed E-state index contributed by atoms with van der Waals surface area (Å²) in [7, 11) is 3.34. The minimum atomic E-state index is -0.612. The Bertz CT molecular complexity index is 1120. The topological polar surface area (TPSA) is 91.8 Å². The fraction of sp³-hybridized carbons (Fsp3) is 0.481. The summed E-state index contributed by atoms with van der Waals surface area (Å²) in [6.45, 7) is 8.38. The van der Waals surface area contributed by atoms with Crippen LogP contribution < -0.4 is 4.90 Å². The van der Waals surface area contributed by atoms with E-state index >= 15 is 0 Å². The van der Waals surface area contributed by atoms with Crippen LogP contribution in [-0.4, -0.2) is 74.1 Å². The Morgan fingerprint density at radius 3 is 2.64 bits per heavy atom. The van der Waals surface area contributed by atoms with Gasteiger partial charge in [0.25, 0.3) is 11.8 Å². The number of fused-ring (bicyclic) bond motifs is 1. The number of rotatable bonds is 10. The Labute approximate surface area is 212 Å². The predicted molar refractivity (Wildman–Crippen MR) is 136 cm³/mol. The summed E-state index contributed by atoms with van der Waals surface area (Å²) >= 11 is 0. The first-order valence-corrected chi connectivity index (χ1v) is 12.3. The van der Waals surface area contributed by atoms with E-state index in [9.17, 15) is 14.4 Å². The summed E-state index contributed by atoms with van der Waals surface area (Å²) in [4.78, 5) is 46.9. The molecule has 36 heavy (non-hydrogen) atoms. The number of hydrogen-bond acceptors (Lipinski definition) is 6. The Hall–Kier alpha value is -3.62. The van der Waals surface area contributed by atoms with E-state index in [1.807, 2.05) is 19.1 Å². The third kappa shape index (κ3) is 5.45. The molecule has 3 aliphatic rings. The van der Waals surface area contributed by atoms with Gasteiger partial charge in [0.2, 0.25) is 11.8 Å². The highest BCUT2D eigenvalue weighted by Crippen LogP contribution is 2.36. The molecule has 4 rings (SSSR count). The van der Waals surface area contributed by atoms with Gasteiger partial charge in [0.05, 0.1) is 18.4 Å². The highest BCUT2D eigenvalue weighted by molar-refractivity contribution is 6.04. The third-order valence-electron chi connectivity index (χ3n) is 6.83. The van der Waals surface area contributed by atoms with Crippen molar-refractivity contribution in [1.29, 1.82) is 0 Å². The van der Waals surface area contributed by atoms with Crippen LogP contribution in [0.4, 0.5) is 5.69 Å². The van der Waals surface area contributed by atoms with Gasteiger partial charge in [0.15, 0.2) is 6.10 Å². The molecule has 9 heteroatoms. The van der Waals surface area contributed by atoms with E-state index in [0.717, 1.165) is 5.56 Å². The van der Waals surface area contributed by atoms with Gasteiger partial charge in [-0.25, -0.2) is 4.99 Å². The van der Waals surface area contributed by atoms with Gasteiger partial charge in [0, 0.05) is 44.4 Å². The third-order valence-corrected chi connectivity index (χ3v) is 6.83. The number of aliphatic imine (C=N–C) groups is 1. The lowest BCUT2D eigenvalue weighted by molar-refractivity contribution is -0.129. The van der Waals surface area contributed by atoms with Crippen LogP contribution in [0, 0.1) is 5.92 Å². The van der Waals surface area contributed by atoms with E-state index in [0.29, 0.717) is 48.4 Å². The van der Waals surface area contributed by atoms with Crippen molar-refractivity contribution >= 4 is 30.1 Å². The number of nitrogens with zero attached hydrogens (tertiary/aromatic N) is 4. The lowest BCUT2D eigenvalue weighted by Gasteiger charge is -2.23. The summed E-state index contributed by atoms with van der Waals surface area (Å²) in [5, 5.41) is 0. The molecule has 9 nitrogen and oxygen atoms in total. The summed E-state index contributed by atoms with van der Waals surface area (Å²) in [6.07, 6.45) is 5.72. The molecule has 0 radical (unpaired) electrons. The normalized spacial score (nSPS) is 22.1. The van der Waals surface area contributed by atoms with Gasteiger partial charge in [0.1, 0.15) is 6.54 Å². The molecule has 1 aromatic rings. The van der Waals surface area contributed by atoms with E-state index in [-0.39, 0.29) is 30.3 Å². The molecule has 1 saturated heterocycles. The summed E-state index contributed by atoms with van der Waals surface area (Å²) in [5.41, 5.74) is 2.04. The molecule has 0 bridgehead atoms. The molecule has 0 spiro atoms. The average Bonchev–Trinajstić information content (AvgIpc) is 3.58. The molecule has 2 heterocycles. The van der Waals surface area contributed by atoms with Crippen LogP contribution in [0.2, 0.25) is 0 Å². The van der Waals surface area contributed by atoms with Crippen molar-refractivity contribution in [2.75, 3.05) is 38.7 Å². The zero-order chi connectivity index (χ0) is 26.0. The molecular formula is C27H34N4O5. The smallest absolute Gasteiger partial charge is 0.268 e. The molecule has 1 saturated carbocycles. The SMILES string of the molecule is C=N/C(=C\C=C(/C)O[C@@H]1CCN(c2ccc3c(c2)C(=O)N(CC(=O)N(C)C)C3C)C1=O)OCC1CC1. The number of likely N-dealkylation sites (N-methyl/N-ethyl adjacent to an activating group) is 1. The number of allylic oxidation sites excluding steroid dienone is 3. The van der Waals surface area contributed by atoms with Crippen LogP contribution in [0.1, 0.15) is 55.1 Å². The monoisotopic (exact) mass is 494 g/mol. The molecular weight excluding hydrogens is 460 g/mol. The van der Waals surface area contributed by atoms with Crippen molar-refractivity contribution in [1.82, 2.24) is 9.80 Å². The quantitative estimate of drug-likeness (QED) is 0.283. The van der Waals surface area contributed by atoms with Gasteiger partial charge >= 0.3 is 0 Å². The van der Waals surface area contributed by atoms with Crippen molar-refractivity contribution in [3.8, 4) is 0 Å². The first kappa shape index (κ1) is 25.5. The number of carbonyl (C=O) groups excluding carboxylic acids is 3. The number of amides is 3. The fourth-order valence-corrected chi connectivity index (χ4v) is 4.36. The maximum absolute atomic E-state index is 13.1. The van der Waals surface area contributed by atoms with Crippen molar-refractivity contribution in [3.05, 3.63) is 53.1 Å². The van der Waals surface area contributed by atoms with Gasteiger partial charge in [-0.3, -0.25) is 14.4 Å². The molecule has 3 amide bonds. The van der Waals surface area contributed by atoms with Gasteiger partial charge in [-0.2, -0.15) is 0 Å². The minimum absolute atomic E-state index is 0.0182. The standard InChI is InChI=1S/C27H34N4O5/c1-17(6-11-24(28-3)35-16-19-7-8-19)36-23-12-13-30(27(23)34)20-9-10-21-18(2)31(15-25(32)29(4)5)26(33)22(21)14-20/h6,9-11,14,18-19,23H,3,7-8,12-13,15-16H2,1-2,4-5H3/b17-6+,24-11+/t18?,23-/m1/s1. The second-order valence-corrected chi connectivity index (χ2v) is 9.75. The van der Waals surface area contributed by atoms with E-state index in [2.05, 4.69) is 11.7 Å². The molecule has 1 unspecified atom stereocenters. The number of hydrogen-bond donors (Lipinski definition) is 0. The zero-order valence-corrected chi connectivity index (χ0v) is 21.4. The summed E-state index contributed by atoms with van der Waals surface area (Å²) in [6, 6.07) is 5.26. The molecule has 0 N–H and O–H groups in total. The Morgan fingerprint density at radius 2 is 1.97 bits per heavy atom. The van der Waals surface area contributed by atoms with Crippen LogP contribution in [0.3, 0.4) is 0 Å². The second-order valence-electron chi connectivity index (χ2n) is 9.75. The van der Waals surface area contributed by atoms with Crippen molar-refractivity contribution < 1.29 is 23.9 Å². The van der Waals surface area contributed by atoms with E-state index in [4.69, 9.17) is 9.47 Å². The van der Waals surface area contributed by atoms with E-state index < -0.39 is 6.10 Å². The largest absolute Gasteiger partial charge is 0.485 e. The Balaban J connectivity index is 1.40. The predicted octanol–water partition coefficient (Wildman–Crippen LogP) is 3.29. The van der Waals surface area contributed by atoms with Gasteiger partial charge < -0.3 is 24.2 Å². The van der Waals surface area contributed by atoms with Crippen LogP contribution >= 0.6 is 0 Å². The first-order chi connectivity index (χ1) is 17.2. The maximum Gasteiger partial charge on any atom is 0.268 e. The van der Waals surface area contributed by atoms with Crippen LogP contribution in [-0.2, 0) is 19.1 Å². The van der Waals surface area contributed by atoms with Crippen LogP contribution in [0.15, 0.2) is 47.0 Å². The highest BCUT2D eigenvalue weighted by Gasteiger charge is 2.38. The van der Waals surface area contributed by atoms with Crippen molar-refractivity contribution in [2.45, 2.75) is 45.3 Å². The molecule has 2 fully saturated rings. The molecule has 1 aliphatic carbocycles. The average molecular weight is 495 g/mol.